The molecular weight excluding hydrogens is 484 g/mol. The molecule has 0 N–H and O–H groups in total. The maximum Gasteiger partial charge on any atom is 0.157 e. The third kappa shape index (κ3) is 8.54. The monoisotopic (exact) mass is 503 g/mol. The van der Waals surface area contributed by atoms with Crippen molar-refractivity contribution in [1.29, 1.82) is 0 Å². The van der Waals surface area contributed by atoms with Crippen LogP contribution in [0.1, 0.15) is 12.5 Å². The van der Waals surface area contributed by atoms with E-state index in [1.165, 1.54) is 13.2 Å². The molecule has 0 aromatic heterocycles. The fraction of sp³-hybridized carbons (Fsp3) is 0.227. The quantitative estimate of drug-likeness (QED) is 0.186. The van der Waals surface area contributed by atoms with Crippen LogP contribution in [0.25, 0.3) is 0 Å². The molecule has 0 radical (unpaired) electrons. The average Bonchev–Trinajstić information content (AvgIpc) is 2.72. The minimum Gasteiger partial charge on any atom is -0.489 e. The Morgan fingerprint density at radius 1 is 0.968 bits per heavy atom. The zero-order valence-electron chi connectivity index (χ0n) is 17.0. The molecule has 0 heterocycles. The van der Waals surface area contributed by atoms with Crippen LogP contribution in [0.4, 0.5) is 0 Å². The number of benzene rings is 2. The number of oxime groups is 1. The summed E-state index contributed by atoms with van der Waals surface area (Å²) >= 11 is 23.6. The van der Waals surface area contributed by atoms with Gasteiger partial charge in [0, 0.05) is 12.1 Å². The van der Waals surface area contributed by atoms with E-state index in [0.29, 0.717) is 32.9 Å². The summed E-state index contributed by atoms with van der Waals surface area (Å²) in [5, 5.41) is 4.51. The summed E-state index contributed by atoms with van der Waals surface area (Å²) in [6, 6.07) is 10.7. The Labute approximate surface area is 201 Å². The lowest BCUT2D eigenvalue weighted by molar-refractivity contribution is 0.213. The summed E-state index contributed by atoms with van der Waals surface area (Å²) < 4.78 is 17.0. The van der Waals surface area contributed by atoms with Crippen LogP contribution >= 0.6 is 46.4 Å². The van der Waals surface area contributed by atoms with Gasteiger partial charge in [0.05, 0.1) is 15.8 Å². The van der Waals surface area contributed by atoms with Crippen molar-refractivity contribution in [3.63, 3.8) is 0 Å². The molecule has 0 saturated carbocycles. The number of hydrogen-bond donors (Lipinski definition) is 0. The van der Waals surface area contributed by atoms with E-state index in [1.807, 2.05) is 31.2 Å². The lowest BCUT2D eigenvalue weighted by Crippen LogP contribution is -2.09. The molecule has 0 amide bonds. The summed E-state index contributed by atoms with van der Waals surface area (Å²) in [7, 11) is 1.51. The Hall–Kier alpha value is -2.05. The molecule has 0 aliphatic carbocycles. The minimum atomic E-state index is 0.115. The number of ether oxygens (including phenoxy) is 3. The van der Waals surface area contributed by atoms with Crippen molar-refractivity contribution < 1.29 is 19.0 Å². The standard InChI is InChI=1S/C22H21Cl4NO4/c1-14(12-30-17-6-4-16(5-7-17)15(2)27-28-3)13-31-22-19(23)10-18(11-20(22)24)29-9-8-21(25)26/h4-8,10-11H,1,9,12-13H2,2-3H3. The molecule has 9 heteroatoms. The van der Waals surface area contributed by atoms with Crippen LogP contribution in [-0.4, -0.2) is 32.6 Å². The van der Waals surface area contributed by atoms with Crippen LogP contribution in [0.3, 0.4) is 0 Å². The molecular formula is C22H21Cl4NO4. The topological polar surface area (TPSA) is 49.3 Å². The molecule has 2 rings (SSSR count). The van der Waals surface area contributed by atoms with E-state index in [2.05, 4.69) is 11.7 Å². The number of hydrogen-bond acceptors (Lipinski definition) is 5. The van der Waals surface area contributed by atoms with Crippen molar-refractivity contribution in [2.75, 3.05) is 26.9 Å². The smallest absolute Gasteiger partial charge is 0.157 e. The van der Waals surface area contributed by atoms with Gasteiger partial charge in [0.2, 0.25) is 0 Å². The second kappa shape index (κ2) is 12.7. The summed E-state index contributed by atoms with van der Waals surface area (Å²) in [4.78, 5) is 4.77. The third-order valence-electron chi connectivity index (χ3n) is 3.82. The van der Waals surface area contributed by atoms with Gasteiger partial charge in [0.25, 0.3) is 0 Å². The highest BCUT2D eigenvalue weighted by Crippen LogP contribution is 2.37. The maximum absolute atomic E-state index is 6.26. The predicted molar refractivity (Wildman–Crippen MR) is 128 cm³/mol. The fourth-order valence-electron chi connectivity index (χ4n) is 2.34. The fourth-order valence-corrected chi connectivity index (χ4v) is 3.04. The first-order valence-electron chi connectivity index (χ1n) is 9.03. The van der Waals surface area contributed by atoms with E-state index < -0.39 is 0 Å². The molecule has 166 valence electrons. The molecule has 31 heavy (non-hydrogen) atoms. The van der Waals surface area contributed by atoms with Crippen molar-refractivity contribution in [3.8, 4) is 17.2 Å². The first kappa shape index (κ1) is 25.2. The van der Waals surface area contributed by atoms with Gasteiger partial charge in [0.15, 0.2) is 5.75 Å². The predicted octanol–water partition coefficient (Wildman–Crippen LogP) is 7.08. The van der Waals surface area contributed by atoms with Crippen LogP contribution in [0.5, 0.6) is 17.2 Å². The summed E-state index contributed by atoms with van der Waals surface area (Å²) in [5.74, 6) is 1.49. The van der Waals surface area contributed by atoms with E-state index in [9.17, 15) is 0 Å². The van der Waals surface area contributed by atoms with Gasteiger partial charge >= 0.3 is 0 Å². The van der Waals surface area contributed by atoms with Gasteiger partial charge in [-0.3, -0.25) is 0 Å². The van der Waals surface area contributed by atoms with Crippen molar-refractivity contribution >= 4 is 52.1 Å². The molecule has 0 spiro atoms. The van der Waals surface area contributed by atoms with Crippen molar-refractivity contribution in [3.05, 3.63) is 74.7 Å². The van der Waals surface area contributed by atoms with Crippen LogP contribution in [-0.2, 0) is 4.84 Å². The van der Waals surface area contributed by atoms with Gasteiger partial charge in [-0.15, -0.1) is 0 Å². The summed E-state index contributed by atoms with van der Waals surface area (Å²) in [6.07, 6.45) is 1.50. The van der Waals surface area contributed by atoms with Crippen LogP contribution in [0.15, 0.2) is 64.3 Å². The van der Waals surface area contributed by atoms with E-state index in [1.54, 1.807) is 12.1 Å². The summed E-state index contributed by atoms with van der Waals surface area (Å²) in [5.41, 5.74) is 2.42. The van der Waals surface area contributed by atoms with Gasteiger partial charge in [-0.1, -0.05) is 58.1 Å². The lowest BCUT2D eigenvalue weighted by atomic mass is 10.1. The molecule has 0 aliphatic heterocycles. The van der Waals surface area contributed by atoms with E-state index in [4.69, 9.17) is 65.5 Å². The largest absolute Gasteiger partial charge is 0.489 e. The highest BCUT2D eigenvalue weighted by Gasteiger charge is 2.11. The third-order valence-corrected chi connectivity index (χ3v) is 4.69. The minimum absolute atomic E-state index is 0.115. The SMILES string of the molecule is C=C(COc1ccc(C(C)=NOC)cc1)COc1c(Cl)cc(OCC=C(Cl)Cl)cc1Cl. The molecule has 0 atom stereocenters. The van der Waals surface area contributed by atoms with E-state index in [0.717, 1.165) is 11.3 Å². The molecule has 0 aliphatic rings. The number of halogens is 4. The van der Waals surface area contributed by atoms with Gasteiger partial charge in [0.1, 0.15) is 42.9 Å². The van der Waals surface area contributed by atoms with Crippen molar-refractivity contribution in [2.45, 2.75) is 6.92 Å². The summed E-state index contributed by atoms with van der Waals surface area (Å²) in [6.45, 7) is 6.46. The van der Waals surface area contributed by atoms with Crippen molar-refractivity contribution in [2.24, 2.45) is 5.16 Å². The highest BCUT2D eigenvalue weighted by atomic mass is 35.5. The molecule has 5 nitrogen and oxygen atoms in total. The first-order chi connectivity index (χ1) is 14.8. The second-order valence-corrected chi connectivity index (χ2v) is 8.05. The first-order valence-corrected chi connectivity index (χ1v) is 10.5. The van der Waals surface area contributed by atoms with E-state index in [-0.39, 0.29) is 24.3 Å². The van der Waals surface area contributed by atoms with E-state index >= 15 is 0 Å². The van der Waals surface area contributed by atoms with Crippen LogP contribution in [0, 0.1) is 0 Å². The van der Waals surface area contributed by atoms with Crippen molar-refractivity contribution in [1.82, 2.24) is 0 Å². The maximum atomic E-state index is 6.26. The Balaban J connectivity index is 1.87. The molecule has 2 aromatic rings. The Morgan fingerprint density at radius 3 is 2.16 bits per heavy atom. The van der Waals surface area contributed by atoms with Crippen LogP contribution in [0.2, 0.25) is 10.0 Å². The highest BCUT2D eigenvalue weighted by molar-refractivity contribution is 6.55. The molecule has 0 bridgehead atoms. The zero-order valence-corrected chi connectivity index (χ0v) is 20.0. The molecule has 0 unspecified atom stereocenters. The Kier molecular flexibility index (Phi) is 10.3. The molecule has 2 aromatic carbocycles. The molecule has 0 fully saturated rings. The Bertz CT molecular complexity index is 931. The zero-order chi connectivity index (χ0) is 22.8. The lowest BCUT2D eigenvalue weighted by Gasteiger charge is -2.14. The number of nitrogens with zero attached hydrogens (tertiary/aromatic N) is 1. The van der Waals surface area contributed by atoms with Gasteiger partial charge in [-0.25, -0.2) is 0 Å². The van der Waals surface area contributed by atoms with Crippen LogP contribution < -0.4 is 14.2 Å². The van der Waals surface area contributed by atoms with Gasteiger partial charge < -0.3 is 19.0 Å². The number of rotatable bonds is 11. The van der Waals surface area contributed by atoms with Gasteiger partial charge in [-0.2, -0.15) is 0 Å². The average molecular weight is 505 g/mol. The second-order valence-electron chi connectivity index (χ2n) is 6.23. The normalized spacial score (nSPS) is 11.0. The Morgan fingerprint density at radius 2 is 1.58 bits per heavy atom. The molecule has 0 saturated heterocycles. The van der Waals surface area contributed by atoms with Gasteiger partial charge in [-0.05, 0) is 48.4 Å².